The predicted molar refractivity (Wildman–Crippen MR) is 159 cm³/mol. The van der Waals surface area contributed by atoms with Crippen LogP contribution < -0.4 is 4.90 Å². The lowest BCUT2D eigenvalue weighted by Gasteiger charge is -2.37. The number of aryl methyl sites for hydroxylation is 2. The molecule has 3 aliphatic heterocycles. The highest BCUT2D eigenvalue weighted by molar-refractivity contribution is 7.91. The molecule has 0 amide bonds. The van der Waals surface area contributed by atoms with Gasteiger partial charge in [-0.2, -0.15) is 4.31 Å². The molecule has 0 saturated carbocycles. The van der Waals surface area contributed by atoms with E-state index in [1.54, 1.807) is 16.4 Å². The zero-order valence-corrected chi connectivity index (χ0v) is 24.8. The van der Waals surface area contributed by atoms with Gasteiger partial charge >= 0.3 is 0 Å². The fourth-order valence-electron chi connectivity index (χ4n) is 6.49. The maximum absolute atomic E-state index is 13.7. The second kappa shape index (κ2) is 11.2. The molecule has 7 rings (SSSR count). The highest BCUT2D eigenvalue weighted by Gasteiger charge is 2.37. The number of nitrogens with zero attached hydrogens (tertiary/aromatic N) is 6. The molecule has 1 N–H and O–H groups in total. The minimum Gasteiger partial charge on any atom is -0.392 e. The van der Waals surface area contributed by atoms with Crippen LogP contribution in [0, 0.1) is 5.82 Å². The number of hydrogen-bond donors (Lipinski definition) is 1. The van der Waals surface area contributed by atoms with Crippen LogP contribution in [0.3, 0.4) is 0 Å². The van der Waals surface area contributed by atoms with E-state index >= 15 is 0 Å². The number of sulfonamides is 1. The van der Waals surface area contributed by atoms with Gasteiger partial charge in [0.25, 0.3) is 10.0 Å². The normalized spacial score (nSPS) is 21.4. The first-order valence-corrected chi connectivity index (χ1v) is 16.6. The summed E-state index contributed by atoms with van der Waals surface area (Å²) in [6.07, 6.45) is 6.98. The van der Waals surface area contributed by atoms with E-state index in [-0.39, 0.29) is 22.2 Å². The van der Waals surface area contributed by atoms with E-state index in [0.717, 1.165) is 65.6 Å². The Kier molecular flexibility index (Phi) is 7.35. The van der Waals surface area contributed by atoms with Gasteiger partial charge in [-0.15, -0.1) is 0 Å². The average Bonchev–Trinajstić information content (AvgIpc) is 3.75. The molecule has 0 spiro atoms. The van der Waals surface area contributed by atoms with Crippen molar-refractivity contribution in [3.63, 3.8) is 0 Å². The number of hydrogen-bond acceptors (Lipinski definition) is 8. The lowest BCUT2D eigenvalue weighted by Crippen LogP contribution is -2.50. The van der Waals surface area contributed by atoms with Crippen LogP contribution in [0.1, 0.15) is 23.1 Å². The van der Waals surface area contributed by atoms with Gasteiger partial charge in [0, 0.05) is 57.4 Å². The first-order valence-electron chi connectivity index (χ1n) is 14.3. The molecule has 2 saturated heterocycles. The van der Waals surface area contributed by atoms with Crippen molar-refractivity contribution in [2.24, 2.45) is 0 Å². The Morgan fingerprint density at radius 3 is 2.76 bits per heavy atom. The molecule has 2 aromatic heterocycles. The Morgan fingerprint density at radius 2 is 1.90 bits per heavy atom. The van der Waals surface area contributed by atoms with Gasteiger partial charge in [0.1, 0.15) is 5.82 Å². The monoisotopic (exact) mass is 608 g/mol. The van der Waals surface area contributed by atoms with Crippen LogP contribution in [0.25, 0.3) is 11.3 Å². The summed E-state index contributed by atoms with van der Waals surface area (Å²) < 4.78 is 44.7. The maximum atomic E-state index is 13.7. The van der Waals surface area contributed by atoms with Crippen molar-refractivity contribution >= 4 is 26.5 Å². The number of anilines is 1. The molecule has 2 aromatic carbocycles. The third kappa shape index (κ3) is 5.26. The molecule has 2 atom stereocenters. The molecule has 4 aromatic rings. The van der Waals surface area contributed by atoms with Crippen LogP contribution in [0.4, 0.5) is 9.52 Å². The second-order valence-electron chi connectivity index (χ2n) is 11.3. The number of aliphatic hydroxyl groups excluding tert-OH is 1. The Morgan fingerprint density at radius 1 is 1.05 bits per heavy atom. The molecule has 12 heteroatoms. The van der Waals surface area contributed by atoms with Gasteiger partial charge < -0.3 is 14.6 Å². The average molecular weight is 609 g/mol. The maximum Gasteiger partial charge on any atom is 0.254 e. The number of rotatable bonds is 7. The number of piperazine rings is 1. The number of fused-ring (bicyclic) bond motifs is 2. The van der Waals surface area contributed by atoms with Gasteiger partial charge in [0.2, 0.25) is 0 Å². The van der Waals surface area contributed by atoms with E-state index < -0.39 is 10.0 Å². The number of aliphatic hydroxyl groups is 1. The third-order valence-corrected chi connectivity index (χ3v) is 12.0. The van der Waals surface area contributed by atoms with Gasteiger partial charge in [0.15, 0.2) is 9.34 Å². The van der Waals surface area contributed by atoms with Crippen molar-refractivity contribution in [2.75, 3.05) is 37.6 Å². The topological polar surface area (TPSA) is 94.8 Å². The summed E-state index contributed by atoms with van der Waals surface area (Å²) in [5, 5.41) is 10.8. The minimum absolute atomic E-state index is 0.242. The molecular formula is C30H33FN6O3S2. The predicted octanol–water partition coefficient (Wildman–Crippen LogP) is 3.39. The van der Waals surface area contributed by atoms with Crippen molar-refractivity contribution in [1.82, 2.24) is 23.7 Å². The van der Waals surface area contributed by atoms with Crippen molar-refractivity contribution in [3.05, 3.63) is 83.7 Å². The SMILES string of the molecule is O=S(=O)(c1cnc(N2CCN3CC(O)CC3C2)s1)N1CCc2c(cccc2-c2cncn2CCc2ccc(F)cc2)C1. The van der Waals surface area contributed by atoms with Gasteiger partial charge in [0.05, 0.1) is 30.5 Å². The largest absolute Gasteiger partial charge is 0.392 e. The van der Waals surface area contributed by atoms with Crippen LogP contribution in [-0.4, -0.2) is 82.1 Å². The van der Waals surface area contributed by atoms with Crippen LogP contribution in [0.2, 0.25) is 0 Å². The molecule has 0 radical (unpaired) electrons. The molecule has 5 heterocycles. The zero-order valence-electron chi connectivity index (χ0n) is 23.1. The van der Waals surface area contributed by atoms with E-state index in [2.05, 4.69) is 30.4 Å². The molecule has 42 heavy (non-hydrogen) atoms. The molecular weight excluding hydrogens is 576 g/mol. The molecule has 2 unspecified atom stereocenters. The van der Waals surface area contributed by atoms with E-state index in [1.165, 1.54) is 29.7 Å². The Hall–Kier alpha value is -3.16. The van der Waals surface area contributed by atoms with Gasteiger partial charge in [-0.3, -0.25) is 4.90 Å². The van der Waals surface area contributed by atoms with Crippen molar-refractivity contribution in [2.45, 2.75) is 48.7 Å². The summed E-state index contributed by atoms with van der Waals surface area (Å²) in [5.74, 6) is -0.242. The molecule has 220 valence electrons. The zero-order chi connectivity index (χ0) is 28.8. The van der Waals surface area contributed by atoms with E-state index in [0.29, 0.717) is 32.6 Å². The molecule has 2 fully saturated rings. The van der Waals surface area contributed by atoms with E-state index in [1.807, 2.05) is 24.7 Å². The van der Waals surface area contributed by atoms with Crippen LogP contribution in [0.15, 0.2) is 65.4 Å². The first-order chi connectivity index (χ1) is 20.3. The lowest BCUT2D eigenvalue weighted by atomic mass is 9.94. The summed E-state index contributed by atoms with van der Waals surface area (Å²) in [4.78, 5) is 13.4. The van der Waals surface area contributed by atoms with Crippen LogP contribution in [0.5, 0.6) is 0 Å². The lowest BCUT2D eigenvalue weighted by molar-refractivity contribution is 0.173. The second-order valence-corrected chi connectivity index (χ2v) is 14.5. The highest BCUT2D eigenvalue weighted by atomic mass is 32.2. The quantitative estimate of drug-likeness (QED) is 0.344. The molecule has 0 bridgehead atoms. The summed E-state index contributed by atoms with van der Waals surface area (Å²) >= 11 is 1.24. The molecule has 9 nitrogen and oxygen atoms in total. The number of aromatic nitrogens is 3. The number of halogens is 1. The summed E-state index contributed by atoms with van der Waals surface area (Å²) in [6, 6.07) is 12.9. The van der Waals surface area contributed by atoms with E-state index in [9.17, 15) is 17.9 Å². The number of benzene rings is 2. The molecule has 3 aliphatic rings. The van der Waals surface area contributed by atoms with Crippen LogP contribution >= 0.6 is 11.3 Å². The number of thiazole rings is 1. The van der Waals surface area contributed by atoms with Crippen LogP contribution in [-0.2, 0) is 36.0 Å². The van der Waals surface area contributed by atoms with Crippen molar-refractivity contribution in [1.29, 1.82) is 0 Å². The highest BCUT2D eigenvalue weighted by Crippen LogP contribution is 2.35. The Balaban J connectivity index is 1.07. The fourth-order valence-corrected chi connectivity index (χ4v) is 9.21. The minimum atomic E-state index is -3.70. The van der Waals surface area contributed by atoms with Crippen molar-refractivity contribution < 1.29 is 17.9 Å². The van der Waals surface area contributed by atoms with Gasteiger partial charge in [-0.1, -0.05) is 41.7 Å². The smallest absolute Gasteiger partial charge is 0.254 e. The summed E-state index contributed by atoms with van der Waals surface area (Å²) in [6.45, 7) is 4.49. The van der Waals surface area contributed by atoms with Gasteiger partial charge in [-0.05, 0) is 48.1 Å². The number of imidazole rings is 1. The Labute approximate surface area is 248 Å². The fraction of sp³-hybridized carbons (Fsp3) is 0.400. The summed E-state index contributed by atoms with van der Waals surface area (Å²) in [5.41, 5.74) is 5.26. The first kappa shape index (κ1) is 27.7. The van der Waals surface area contributed by atoms with Gasteiger partial charge in [-0.25, -0.2) is 22.8 Å². The van der Waals surface area contributed by atoms with E-state index in [4.69, 9.17) is 0 Å². The Bertz CT molecular complexity index is 1690. The van der Waals surface area contributed by atoms with Crippen molar-refractivity contribution in [3.8, 4) is 11.3 Å². The standard InChI is InChI=1S/C30H33FN6O3S2/c31-23-6-4-21(5-7-23)8-10-36-20-32-15-28(36)27-3-1-2-22-17-37(11-9-26(22)27)42(39,40)29-16-33-30(41-29)35-13-12-34-19-25(38)14-24(34)18-35/h1-7,15-16,20,24-25,38H,8-14,17-19H2. The third-order valence-electron chi connectivity index (χ3n) is 8.70. The molecule has 0 aliphatic carbocycles. The summed E-state index contributed by atoms with van der Waals surface area (Å²) in [7, 11) is -3.70.